The van der Waals surface area contributed by atoms with Gasteiger partial charge in [-0.15, -0.1) is 0 Å². The van der Waals surface area contributed by atoms with Crippen molar-refractivity contribution in [1.29, 1.82) is 5.26 Å². The van der Waals surface area contributed by atoms with Gasteiger partial charge in [-0.2, -0.15) is 10.4 Å². The summed E-state index contributed by atoms with van der Waals surface area (Å²) >= 11 is 6.34. The SMILES string of the molecule is Cc1nc2cnc(C3CC3)c(C#N)c2c(=O)n1CCOc1ccc(Cl)cc1-c1cc(CC(=O)O)[n+]2[nH]ccc2c1. The fourth-order valence-electron chi connectivity index (χ4n) is 5.07. The summed E-state index contributed by atoms with van der Waals surface area (Å²) in [5.41, 5.74) is 3.88. The summed E-state index contributed by atoms with van der Waals surface area (Å²) in [6.07, 6.45) is 5.07. The molecule has 4 aromatic heterocycles. The summed E-state index contributed by atoms with van der Waals surface area (Å²) in [6.45, 7) is 2.09. The molecule has 6 rings (SSSR count). The first-order chi connectivity index (χ1) is 19.3. The number of fused-ring (bicyclic) bond motifs is 2. The lowest BCUT2D eigenvalue weighted by Gasteiger charge is -2.15. The molecular weight excluding hydrogens is 532 g/mol. The number of aliphatic carboxylic acids is 1. The van der Waals surface area contributed by atoms with Crippen molar-refractivity contribution in [2.45, 2.75) is 38.6 Å². The number of pyridine rings is 2. The van der Waals surface area contributed by atoms with E-state index in [-0.39, 0.29) is 31.0 Å². The van der Waals surface area contributed by atoms with Crippen molar-refractivity contribution in [2.75, 3.05) is 6.61 Å². The number of aryl methyl sites for hydroxylation is 1. The first kappa shape index (κ1) is 25.5. The number of ether oxygens (including phenoxy) is 1. The number of carboxylic acids is 1. The largest absolute Gasteiger partial charge is 0.491 e. The molecule has 4 heterocycles. The van der Waals surface area contributed by atoms with Gasteiger partial charge in [0.15, 0.2) is 0 Å². The Morgan fingerprint density at radius 1 is 1.30 bits per heavy atom. The van der Waals surface area contributed by atoms with Crippen LogP contribution < -0.4 is 14.8 Å². The molecule has 1 fully saturated rings. The maximum absolute atomic E-state index is 13.5. The molecule has 1 saturated carbocycles. The predicted molar refractivity (Wildman–Crippen MR) is 146 cm³/mol. The third-order valence-corrected chi connectivity index (χ3v) is 7.32. The smallest absolute Gasteiger partial charge is 0.314 e. The lowest BCUT2D eigenvalue weighted by Crippen LogP contribution is -2.30. The summed E-state index contributed by atoms with van der Waals surface area (Å²) in [5, 5.41) is 23.1. The van der Waals surface area contributed by atoms with Crippen LogP contribution in [0.4, 0.5) is 0 Å². The maximum Gasteiger partial charge on any atom is 0.314 e. The molecule has 2 N–H and O–H groups in total. The van der Waals surface area contributed by atoms with Crippen LogP contribution in [0.3, 0.4) is 0 Å². The van der Waals surface area contributed by atoms with E-state index in [4.69, 9.17) is 16.3 Å². The van der Waals surface area contributed by atoms with Crippen molar-refractivity contribution in [3.8, 4) is 22.9 Å². The monoisotopic (exact) mass is 555 g/mol. The molecule has 0 bridgehead atoms. The number of halogens is 1. The third kappa shape index (κ3) is 4.65. The zero-order chi connectivity index (χ0) is 28.0. The number of benzene rings is 1. The van der Waals surface area contributed by atoms with E-state index in [1.165, 1.54) is 4.57 Å². The van der Waals surface area contributed by atoms with Crippen LogP contribution in [0.25, 0.3) is 27.5 Å². The van der Waals surface area contributed by atoms with Gasteiger partial charge >= 0.3 is 5.97 Å². The Labute approximate surface area is 233 Å². The topological polar surface area (TPSA) is 138 Å². The Bertz CT molecular complexity index is 1920. The van der Waals surface area contributed by atoms with Crippen LogP contribution in [-0.2, 0) is 17.8 Å². The average molecular weight is 556 g/mol. The van der Waals surface area contributed by atoms with Crippen LogP contribution in [0.2, 0.25) is 5.02 Å². The van der Waals surface area contributed by atoms with E-state index in [1.807, 2.05) is 12.1 Å². The number of carbonyl (C=O) groups is 1. The summed E-state index contributed by atoms with van der Waals surface area (Å²) in [6, 6.07) is 13.0. The van der Waals surface area contributed by atoms with Crippen LogP contribution in [-0.4, -0.2) is 37.3 Å². The van der Waals surface area contributed by atoms with Crippen molar-refractivity contribution in [3.63, 3.8) is 0 Å². The molecule has 40 heavy (non-hydrogen) atoms. The van der Waals surface area contributed by atoms with Crippen LogP contribution >= 0.6 is 11.6 Å². The molecule has 1 aromatic carbocycles. The normalized spacial score (nSPS) is 13.0. The lowest BCUT2D eigenvalue weighted by atomic mass is 10.0. The second-order valence-corrected chi connectivity index (χ2v) is 10.2. The zero-order valence-electron chi connectivity index (χ0n) is 21.5. The van der Waals surface area contributed by atoms with Crippen molar-refractivity contribution >= 4 is 34.0 Å². The Morgan fingerprint density at radius 3 is 2.88 bits per heavy atom. The number of aromatic amines is 1. The molecule has 0 amide bonds. The van der Waals surface area contributed by atoms with Gasteiger partial charge in [0.1, 0.15) is 30.7 Å². The van der Waals surface area contributed by atoms with Crippen LogP contribution in [0, 0.1) is 18.3 Å². The summed E-state index contributed by atoms with van der Waals surface area (Å²) in [5.74, 6) is 0.297. The number of nitrogens with zero attached hydrogens (tertiary/aromatic N) is 5. The van der Waals surface area contributed by atoms with Crippen LogP contribution in [0.1, 0.15) is 41.5 Å². The number of nitriles is 1. The second-order valence-electron chi connectivity index (χ2n) is 9.80. The molecule has 0 radical (unpaired) electrons. The van der Waals surface area contributed by atoms with E-state index in [0.29, 0.717) is 50.0 Å². The molecule has 200 valence electrons. The molecule has 1 aliphatic rings. The lowest BCUT2D eigenvalue weighted by molar-refractivity contribution is -0.584. The Hall–Kier alpha value is -4.75. The zero-order valence-corrected chi connectivity index (χ0v) is 22.3. The first-order valence-electron chi connectivity index (χ1n) is 12.8. The summed E-state index contributed by atoms with van der Waals surface area (Å²) in [4.78, 5) is 34.0. The highest BCUT2D eigenvalue weighted by Gasteiger charge is 2.30. The van der Waals surface area contributed by atoms with Gasteiger partial charge in [-0.25, -0.2) is 4.98 Å². The van der Waals surface area contributed by atoms with E-state index in [1.54, 1.807) is 48.1 Å². The van der Waals surface area contributed by atoms with Gasteiger partial charge in [0.25, 0.3) is 5.56 Å². The number of hydrogen-bond donors (Lipinski definition) is 2. The van der Waals surface area contributed by atoms with Gasteiger partial charge in [0.05, 0.1) is 41.1 Å². The number of aromatic nitrogens is 5. The van der Waals surface area contributed by atoms with Gasteiger partial charge in [-0.1, -0.05) is 16.1 Å². The molecule has 0 atom stereocenters. The minimum atomic E-state index is -0.951. The molecule has 11 heteroatoms. The Balaban J connectivity index is 1.33. The van der Waals surface area contributed by atoms with E-state index in [0.717, 1.165) is 23.9 Å². The van der Waals surface area contributed by atoms with Gasteiger partial charge < -0.3 is 9.84 Å². The molecule has 0 aliphatic heterocycles. The molecule has 10 nitrogen and oxygen atoms in total. The first-order valence-corrected chi connectivity index (χ1v) is 13.2. The van der Waals surface area contributed by atoms with Crippen LogP contribution in [0.15, 0.2) is 53.6 Å². The number of rotatable bonds is 8. The number of carboxylic acid groups (broad SMARTS) is 1. The van der Waals surface area contributed by atoms with E-state index >= 15 is 0 Å². The highest BCUT2D eigenvalue weighted by Crippen LogP contribution is 2.41. The van der Waals surface area contributed by atoms with Crippen molar-refractivity contribution < 1.29 is 19.2 Å². The van der Waals surface area contributed by atoms with Crippen molar-refractivity contribution in [2.24, 2.45) is 0 Å². The van der Waals surface area contributed by atoms with Gasteiger partial charge in [0, 0.05) is 34.7 Å². The molecular formula is C29H24ClN6O4+. The molecule has 0 saturated heterocycles. The van der Waals surface area contributed by atoms with Crippen molar-refractivity contribution in [1.82, 2.24) is 19.6 Å². The van der Waals surface area contributed by atoms with Gasteiger partial charge in [0.2, 0.25) is 11.2 Å². The average Bonchev–Trinajstić information content (AvgIpc) is 3.66. The summed E-state index contributed by atoms with van der Waals surface area (Å²) in [7, 11) is 0. The minimum absolute atomic E-state index is 0.147. The molecule has 5 aromatic rings. The molecule has 0 spiro atoms. The fourth-order valence-corrected chi connectivity index (χ4v) is 5.24. The fraction of sp³-hybridized carbons (Fsp3) is 0.241. The number of hydrogen-bond acceptors (Lipinski definition) is 6. The van der Waals surface area contributed by atoms with E-state index < -0.39 is 5.97 Å². The minimum Gasteiger partial charge on any atom is -0.491 e. The Morgan fingerprint density at radius 2 is 2.12 bits per heavy atom. The highest BCUT2D eigenvalue weighted by molar-refractivity contribution is 6.31. The van der Waals surface area contributed by atoms with Gasteiger partial charge in [-0.05, 0) is 43.5 Å². The summed E-state index contributed by atoms with van der Waals surface area (Å²) < 4.78 is 9.39. The molecule has 1 aliphatic carbocycles. The Kier molecular flexibility index (Phi) is 6.44. The quantitative estimate of drug-likeness (QED) is 0.276. The standard InChI is InChI=1S/C29H23ClN6O4/c1-16-34-24-15-32-28(17-2-3-17)23(14-31)27(24)29(39)35(16)8-9-40-25-5-4-19(30)12-22(25)18-10-20-6-7-33-36(20)21(11-18)13-26(37)38/h4-7,10-12,15,17H,2-3,8-9,13H2,1H3,(H,37,38)/p+1. The second kappa shape index (κ2) is 10.1. The third-order valence-electron chi connectivity index (χ3n) is 7.08. The van der Waals surface area contributed by atoms with Gasteiger partial charge in [-0.3, -0.25) is 19.1 Å². The maximum atomic E-state index is 13.5. The van der Waals surface area contributed by atoms with E-state index in [2.05, 4.69) is 21.1 Å². The highest BCUT2D eigenvalue weighted by atomic mass is 35.5. The van der Waals surface area contributed by atoms with Crippen molar-refractivity contribution in [3.05, 3.63) is 86.9 Å². The number of H-pyrrole nitrogens is 1. The van der Waals surface area contributed by atoms with E-state index in [9.17, 15) is 20.0 Å². The molecule has 0 unspecified atom stereocenters. The van der Waals surface area contributed by atoms with Crippen LogP contribution in [0.5, 0.6) is 5.75 Å². The predicted octanol–water partition coefficient (Wildman–Crippen LogP) is 3.94. The number of nitrogens with one attached hydrogen (secondary N) is 1.